The quantitative estimate of drug-likeness (QED) is 0.591. The molecule has 120 valence electrons. The minimum atomic E-state index is -0.104. The van der Waals surface area contributed by atoms with E-state index in [1.54, 1.807) is 18.1 Å². The highest BCUT2D eigenvalue weighted by atomic mass is 32.2. The molecule has 3 rings (SSSR count). The maximum Gasteiger partial charge on any atom is 0.270 e. The van der Waals surface area contributed by atoms with Gasteiger partial charge in [-0.15, -0.1) is 0 Å². The maximum atomic E-state index is 12.6. The van der Waals surface area contributed by atoms with Crippen molar-refractivity contribution in [3.8, 4) is 5.75 Å². The Labute approximate surface area is 150 Å². The maximum absolute atomic E-state index is 12.6. The number of nitrogens with zero attached hydrogens (tertiary/aromatic N) is 1. The molecule has 0 N–H and O–H groups in total. The lowest BCUT2D eigenvalue weighted by Gasteiger charge is -2.14. The Morgan fingerprint density at radius 3 is 2.46 bits per heavy atom. The number of thiocarbonyl (C=S) groups is 1. The summed E-state index contributed by atoms with van der Waals surface area (Å²) >= 11 is 6.66. The third kappa shape index (κ3) is 3.58. The normalized spacial score (nSPS) is 16.4. The lowest BCUT2D eigenvalue weighted by molar-refractivity contribution is -0.113. The van der Waals surface area contributed by atoms with E-state index >= 15 is 0 Å². The van der Waals surface area contributed by atoms with Crippen LogP contribution in [0.4, 0.5) is 5.69 Å². The van der Waals surface area contributed by atoms with E-state index in [-0.39, 0.29) is 5.91 Å². The van der Waals surface area contributed by atoms with Crippen LogP contribution < -0.4 is 9.64 Å². The fourth-order valence-electron chi connectivity index (χ4n) is 2.25. The minimum absolute atomic E-state index is 0.104. The molecule has 1 aliphatic rings. The topological polar surface area (TPSA) is 29.5 Å². The molecule has 2 aromatic carbocycles. The molecule has 1 fully saturated rings. The molecule has 0 unspecified atom stereocenters. The predicted octanol–water partition coefficient (Wildman–Crippen LogP) is 4.66. The van der Waals surface area contributed by atoms with Crippen LogP contribution in [-0.4, -0.2) is 17.3 Å². The van der Waals surface area contributed by atoms with Crippen molar-refractivity contribution in [1.29, 1.82) is 0 Å². The zero-order valence-electron chi connectivity index (χ0n) is 13.0. The molecule has 5 heteroatoms. The van der Waals surface area contributed by atoms with Gasteiger partial charge in [-0.05, 0) is 35.9 Å². The zero-order valence-corrected chi connectivity index (χ0v) is 14.6. The molecule has 0 saturated carbocycles. The first-order valence-electron chi connectivity index (χ1n) is 7.33. The fraction of sp³-hybridized carbons (Fsp3) is 0.0526. The Balaban J connectivity index is 1.78. The summed E-state index contributed by atoms with van der Waals surface area (Å²) in [5.74, 6) is 0.637. The highest BCUT2D eigenvalue weighted by Gasteiger charge is 2.32. The van der Waals surface area contributed by atoms with E-state index in [4.69, 9.17) is 17.0 Å². The van der Waals surface area contributed by atoms with Gasteiger partial charge in [-0.25, -0.2) is 0 Å². The van der Waals surface area contributed by atoms with E-state index in [0.29, 0.717) is 9.23 Å². The molecule has 0 aromatic heterocycles. The van der Waals surface area contributed by atoms with Crippen molar-refractivity contribution < 1.29 is 9.53 Å². The van der Waals surface area contributed by atoms with E-state index in [0.717, 1.165) is 17.0 Å². The van der Waals surface area contributed by atoms with Gasteiger partial charge in [0.15, 0.2) is 4.32 Å². The van der Waals surface area contributed by atoms with Crippen molar-refractivity contribution >= 4 is 46.0 Å². The number of carbonyl (C=O) groups excluding carboxylic acids is 1. The lowest BCUT2D eigenvalue weighted by atomic mass is 10.2. The van der Waals surface area contributed by atoms with Crippen LogP contribution >= 0.6 is 24.0 Å². The molecule has 1 saturated heterocycles. The van der Waals surface area contributed by atoms with Gasteiger partial charge in [0.05, 0.1) is 17.7 Å². The third-order valence-corrected chi connectivity index (χ3v) is 4.78. The molecule has 1 heterocycles. The SMILES string of the molecule is COc1ccc(N2C(=O)/C(=C/C=C\c3ccccc3)SC2=S)cc1. The van der Waals surface area contributed by atoms with Crippen molar-refractivity contribution in [2.45, 2.75) is 0 Å². The van der Waals surface area contributed by atoms with Crippen LogP contribution in [0.25, 0.3) is 6.08 Å². The largest absolute Gasteiger partial charge is 0.497 e. The number of anilines is 1. The second-order valence-corrected chi connectivity index (χ2v) is 6.68. The van der Waals surface area contributed by atoms with Crippen LogP contribution in [0.5, 0.6) is 5.75 Å². The zero-order chi connectivity index (χ0) is 16.9. The monoisotopic (exact) mass is 353 g/mol. The molecule has 0 spiro atoms. The first-order chi connectivity index (χ1) is 11.7. The van der Waals surface area contributed by atoms with Gasteiger partial charge in [0.25, 0.3) is 5.91 Å². The van der Waals surface area contributed by atoms with Crippen molar-refractivity contribution in [1.82, 2.24) is 0 Å². The second-order valence-electron chi connectivity index (χ2n) is 5.01. The highest BCUT2D eigenvalue weighted by Crippen LogP contribution is 2.35. The first kappa shape index (κ1) is 16.5. The number of hydrogen-bond acceptors (Lipinski definition) is 4. The molecule has 2 aromatic rings. The van der Waals surface area contributed by atoms with Gasteiger partial charge in [0.2, 0.25) is 0 Å². The van der Waals surface area contributed by atoms with Crippen LogP contribution in [0.2, 0.25) is 0 Å². The molecule has 1 aliphatic heterocycles. The van der Waals surface area contributed by atoms with E-state index in [1.807, 2.05) is 66.7 Å². The number of methoxy groups -OCH3 is 1. The number of rotatable bonds is 4. The molecule has 24 heavy (non-hydrogen) atoms. The Bertz CT molecular complexity index is 811. The van der Waals surface area contributed by atoms with E-state index in [2.05, 4.69) is 0 Å². The number of thioether (sulfide) groups is 1. The van der Waals surface area contributed by atoms with Crippen LogP contribution in [0.1, 0.15) is 5.56 Å². The van der Waals surface area contributed by atoms with E-state index in [9.17, 15) is 4.79 Å². The van der Waals surface area contributed by atoms with Gasteiger partial charge >= 0.3 is 0 Å². The van der Waals surface area contributed by atoms with Gasteiger partial charge in [-0.1, -0.05) is 66.5 Å². The van der Waals surface area contributed by atoms with Gasteiger partial charge in [0.1, 0.15) is 5.75 Å². The molecule has 0 aliphatic carbocycles. The third-order valence-electron chi connectivity index (χ3n) is 3.46. The lowest BCUT2D eigenvalue weighted by Crippen LogP contribution is -2.27. The summed E-state index contributed by atoms with van der Waals surface area (Å²) in [6.45, 7) is 0. The Kier molecular flexibility index (Phi) is 5.13. The number of carbonyl (C=O) groups is 1. The van der Waals surface area contributed by atoms with Crippen molar-refractivity contribution in [2.75, 3.05) is 12.0 Å². The Morgan fingerprint density at radius 1 is 1.08 bits per heavy atom. The van der Waals surface area contributed by atoms with E-state index < -0.39 is 0 Å². The molecule has 0 radical (unpaired) electrons. The molecule has 0 bridgehead atoms. The Hall–Kier alpha value is -2.37. The molecule has 1 amide bonds. The molecular formula is C19H15NO2S2. The predicted molar refractivity (Wildman–Crippen MR) is 104 cm³/mol. The van der Waals surface area contributed by atoms with Crippen molar-refractivity contribution in [3.63, 3.8) is 0 Å². The molecule has 0 atom stereocenters. The fourth-order valence-corrected chi connectivity index (χ4v) is 3.50. The summed E-state index contributed by atoms with van der Waals surface area (Å²) in [7, 11) is 1.61. The average molecular weight is 353 g/mol. The summed E-state index contributed by atoms with van der Waals surface area (Å²) in [4.78, 5) is 14.8. The second kappa shape index (κ2) is 7.47. The summed E-state index contributed by atoms with van der Waals surface area (Å²) in [6, 6.07) is 17.2. The summed E-state index contributed by atoms with van der Waals surface area (Å²) in [5.41, 5.74) is 1.83. The summed E-state index contributed by atoms with van der Waals surface area (Å²) in [5, 5.41) is 0. The number of ether oxygens (including phenoxy) is 1. The smallest absolute Gasteiger partial charge is 0.270 e. The van der Waals surface area contributed by atoms with E-state index in [1.165, 1.54) is 11.8 Å². The number of amides is 1. The first-order valence-corrected chi connectivity index (χ1v) is 8.55. The number of benzene rings is 2. The summed E-state index contributed by atoms with van der Waals surface area (Å²) < 4.78 is 5.67. The van der Waals surface area contributed by atoms with Crippen LogP contribution in [-0.2, 0) is 4.79 Å². The standard InChI is InChI=1S/C19H15NO2S2/c1-22-16-12-10-15(11-13-16)20-18(21)17(24-19(20)23)9-5-8-14-6-3-2-4-7-14/h2-13H,1H3/b8-5-,17-9-. The van der Waals surface area contributed by atoms with Crippen LogP contribution in [0, 0.1) is 0 Å². The van der Waals surface area contributed by atoms with Crippen molar-refractivity contribution in [2.24, 2.45) is 0 Å². The van der Waals surface area contributed by atoms with Crippen molar-refractivity contribution in [3.05, 3.63) is 77.2 Å². The minimum Gasteiger partial charge on any atom is -0.497 e. The highest BCUT2D eigenvalue weighted by molar-refractivity contribution is 8.27. The van der Waals surface area contributed by atoms with Crippen LogP contribution in [0.15, 0.2) is 71.7 Å². The summed E-state index contributed by atoms with van der Waals surface area (Å²) in [6.07, 6.45) is 5.63. The average Bonchev–Trinajstić information content (AvgIpc) is 2.90. The Morgan fingerprint density at radius 2 is 1.79 bits per heavy atom. The number of hydrogen-bond donors (Lipinski definition) is 0. The number of allylic oxidation sites excluding steroid dienone is 2. The molecule has 3 nitrogen and oxygen atoms in total. The van der Waals surface area contributed by atoms with Gasteiger partial charge in [0, 0.05) is 0 Å². The van der Waals surface area contributed by atoms with Gasteiger partial charge in [-0.3, -0.25) is 9.69 Å². The van der Waals surface area contributed by atoms with Gasteiger partial charge < -0.3 is 4.74 Å². The molecular weight excluding hydrogens is 338 g/mol. The van der Waals surface area contributed by atoms with Crippen LogP contribution in [0.3, 0.4) is 0 Å². The van der Waals surface area contributed by atoms with Gasteiger partial charge in [-0.2, -0.15) is 0 Å².